The molecule has 0 spiro atoms. The molecule has 0 atom stereocenters. The quantitative estimate of drug-likeness (QED) is 0.283. The molecule has 0 bridgehead atoms. The van der Waals surface area contributed by atoms with Crippen LogP contribution in [0.15, 0.2) is 30.3 Å². The van der Waals surface area contributed by atoms with Crippen molar-refractivity contribution in [1.82, 2.24) is 0 Å². The number of benzene rings is 1. The summed E-state index contributed by atoms with van der Waals surface area (Å²) in [5, 5.41) is 8.54. The van der Waals surface area contributed by atoms with Gasteiger partial charge < -0.3 is 9.84 Å². The summed E-state index contributed by atoms with van der Waals surface area (Å²) in [7, 11) is 0. The molecule has 0 aliphatic rings. The average Bonchev–Trinajstić information content (AvgIpc) is 2.56. The first-order chi connectivity index (χ1) is 11.7. The van der Waals surface area contributed by atoms with Crippen LogP contribution in [-0.2, 0) is 9.59 Å². The van der Waals surface area contributed by atoms with E-state index in [1.165, 1.54) is 25.7 Å². The Morgan fingerprint density at radius 3 is 1.67 bits per heavy atom. The van der Waals surface area contributed by atoms with Gasteiger partial charge in [0.15, 0.2) is 0 Å². The van der Waals surface area contributed by atoms with Crippen LogP contribution in [0.4, 0.5) is 0 Å². The number of ether oxygens (including phenoxy) is 1. The maximum atomic E-state index is 11.7. The van der Waals surface area contributed by atoms with Gasteiger partial charge in [-0.25, -0.2) is 0 Å². The Morgan fingerprint density at radius 1 is 0.708 bits per heavy atom. The number of para-hydroxylation sites is 1. The molecule has 1 N–H and O–H groups in total. The third-order valence-corrected chi connectivity index (χ3v) is 4.00. The summed E-state index contributed by atoms with van der Waals surface area (Å²) in [5.41, 5.74) is 0. The normalized spacial score (nSPS) is 10.5. The number of hydrogen-bond acceptors (Lipinski definition) is 3. The Hall–Kier alpha value is -1.84. The van der Waals surface area contributed by atoms with Crippen molar-refractivity contribution in [1.29, 1.82) is 0 Å². The fraction of sp³-hybridized carbons (Fsp3) is 0.600. The zero-order chi connectivity index (χ0) is 17.5. The number of carbonyl (C=O) groups excluding carboxylic acids is 1. The molecular formula is C20H30O4. The smallest absolute Gasteiger partial charge is 0.311 e. The van der Waals surface area contributed by atoms with Crippen molar-refractivity contribution < 1.29 is 19.4 Å². The van der Waals surface area contributed by atoms with Crippen LogP contribution in [0.5, 0.6) is 5.75 Å². The predicted molar refractivity (Wildman–Crippen MR) is 95.1 cm³/mol. The Bertz CT molecular complexity index is 456. The molecule has 4 heteroatoms. The first-order valence-corrected chi connectivity index (χ1v) is 9.16. The molecule has 24 heavy (non-hydrogen) atoms. The number of unbranched alkanes of at least 4 members (excludes halogenated alkanes) is 9. The van der Waals surface area contributed by atoms with Gasteiger partial charge in [-0.3, -0.25) is 9.59 Å². The Morgan fingerprint density at radius 2 is 1.17 bits per heavy atom. The number of carboxylic acids is 1. The average molecular weight is 334 g/mol. The van der Waals surface area contributed by atoms with Crippen molar-refractivity contribution >= 4 is 11.9 Å². The lowest BCUT2D eigenvalue weighted by Crippen LogP contribution is -2.07. The number of esters is 1. The fourth-order valence-corrected chi connectivity index (χ4v) is 2.63. The van der Waals surface area contributed by atoms with Crippen molar-refractivity contribution in [3.05, 3.63) is 30.3 Å². The first-order valence-electron chi connectivity index (χ1n) is 9.16. The molecule has 1 rings (SSSR count). The van der Waals surface area contributed by atoms with Crippen LogP contribution in [0.25, 0.3) is 0 Å². The van der Waals surface area contributed by atoms with E-state index in [1.54, 1.807) is 12.1 Å². The van der Waals surface area contributed by atoms with Crippen molar-refractivity contribution in [2.45, 2.75) is 77.0 Å². The summed E-state index contributed by atoms with van der Waals surface area (Å²) >= 11 is 0. The van der Waals surface area contributed by atoms with Gasteiger partial charge in [-0.2, -0.15) is 0 Å². The lowest BCUT2D eigenvalue weighted by molar-refractivity contribution is -0.137. The number of rotatable bonds is 14. The van der Waals surface area contributed by atoms with Gasteiger partial charge >= 0.3 is 11.9 Å². The van der Waals surface area contributed by atoms with Crippen molar-refractivity contribution in [2.75, 3.05) is 0 Å². The standard InChI is InChI=1S/C20H30O4/c21-19(22)16-12-7-5-3-1-2-4-6-8-13-17-20(23)24-18-14-10-9-11-15-18/h9-11,14-15H,1-8,12-13,16-17H2,(H,21,22). The molecule has 0 saturated heterocycles. The van der Waals surface area contributed by atoms with E-state index in [-0.39, 0.29) is 5.97 Å². The molecule has 0 radical (unpaired) electrons. The second-order valence-electron chi connectivity index (χ2n) is 6.22. The largest absolute Gasteiger partial charge is 0.481 e. The minimum absolute atomic E-state index is 0.150. The number of aliphatic carboxylic acids is 1. The van der Waals surface area contributed by atoms with Gasteiger partial charge in [0, 0.05) is 12.8 Å². The van der Waals surface area contributed by atoms with Crippen molar-refractivity contribution in [3.63, 3.8) is 0 Å². The van der Waals surface area contributed by atoms with Crippen LogP contribution in [0.3, 0.4) is 0 Å². The Kier molecular flexibility index (Phi) is 11.4. The monoisotopic (exact) mass is 334 g/mol. The second kappa shape index (κ2) is 13.6. The van der Waals surface area contributed by atoms with E-state index in [0.29, 0.717) is 18.6 Å². The maximum absolute atomic E-state index is 11.7. The van der Waals surface area contributed by atoms with Gasteiger partial charge in [-0.1, -0.05) is 69.6 Å². The van der Waals surface area contributed by atoms with E-state index in [2.05, 4.69) is 0 Å². The molecular weight excluding hydrogens is 304 g/mol. The second-order valence-corrected chi connectivity index (χ2v) is 6.22. The minimum atomic E-state index is -0.692. The summed E-state index contributed by atoms with van der Waals surface area (Å²) in [6, 6.07) is 9.19. The van der Waals surface area contributed by atoms with Crippen LogP contribution >= 0.6 is 0 Å². The lowest BCUT2D eigenvalue weighted by Gasteiger charge is -2.04. The zero-order valence-electron chi connectivity index (χ0n) is 14.5. The van der Waals surface area contributed by atoms with Crippen LogP contribution < -0.4 is 4.74 Å². The maximum Gasteiger partial charge on any atom is 0.311 e. The predicted octanol–water partition coefficient (Wildman–Crippen LogP) is 5.36. The third-order valence-electron chi connectivity index (χ3n) is 4.00. The van der Waals surface area contributed by atoms with Crippen molar-refractivity contribution in [3.8, 4) is 5.75 Å². The van der Waals surface area contributed by atoms with E-state index in [0.717, 1.165) is 38.5 Å². The Balaban J connectivity index is 1.83. The van der Waals surface area contributed by atoms with Gasteiger partial charge in [0.05, 0.1) is 0 Å². The molecule has 1 aromatic carbocycles. The molecule has 0 fully saturated rings. The molecule has 0 saturated carbocycles. The molecule has 0 heterocycles. The van der Waals surface area contributed by atoms with Crippen LogP contribution in [0, 0.1) is 0 Å². The van der Waals surface area contributed by atoms with Gasteiger partial charge in [-0.05, 0) is 25.0 Å². The summed E-state index contributed by atoms with van der Waals surface area (Å²) in [5.74, 6) is -0.226. The van der Waals surface area contributed by atoms with Crippen molar-refractivity contribution in [2.24, 2.45) is 0 Å². The molecule has 4 nitrogen and oxygen atoms in total. The highest BCUT2D eigenvalue weighted by atomic mass is 16.5. The SMILES string of the molecule is O=C(O)CCCCCCCCCCCCC(=O)Oc1ccccc1. The molecule has 134 valence electrons. The van der Waals surface area contributed by atoms with E-state index >= 15 is 0 Å². The minimum Gasteiger partial charge on any atom is -0.481 e. The zero-order valence-corrected chi connectivity index (χ0v) is 14.5. The van der Waals surface area contributed by atoms with Crippen LogP contribution in [-0.4, -0.2) is 17.0 Å². The first kappa shape index (κ1) is 20.2. The van der Waals surface area contributed by atoms with Gasteiger partial charge in [0.25, 0.3) is 0 Å². The third kappa shape index (κ3) is 11.7. The summed E-state index contributed by atoms with van der Waals surface area (Å²) in [4.78, 5) is 22.0. The van der Waals surface area contributed by atoms with Crippen LogP contribution in [0.2, 0.25) is 0 Å². The number of hydrogen-bond donors (Lipinski definition) is 1. The highest BCUT2D eigenvalue weighted by molar-refractivity contribution is 5.72. The topological polar surface area (TPSA) is 63.6 Å². The highest BCUT2D eigenvalue weighted by Crippen LogP contribution is 2.13. The molecule has 0 aliphatic heterocycles. The van der Waals surface area contributed by atoms with Gasteiger partial charge in [0.1, 0.15) is 5.75 Å². The van der Waals surface area contributed by atoms with E-state index < -0.39 is 5.97 Å². The summed E-state index contributed by atoms with van der Waals surface area (Å²) in [6.45, 7) is 0. The molecule has 0 aliphatic carbocycles. The number of carboxylic acid groups (broad SMARTS) is 1. The Labute approximate surface area is 145 Å². The molecule has 0 aromatic heterocycles. The van der Waals surface area contributed by atoms with Gasteiger partial charge in [0.2, 0.25) is 0 Å². The van der Waals surface area contributed by atoms with Crippen LogP contribution in [0.1, 0.15) is 77.0 Å². The molecule has 1 aromatic rings. The van der Waals surface area contributed by atoms with E-state index in [4.69, 9.17) is 9.84 Å². The fourth-order valence-electron chi connectivity index (χ4n) is 2.63. The summed E-state index contributed by atoms with van der Waals surface area (Å²) < 4.78 is 5.25. The number of carbonyl (C=O) groups is 2. The molecule has 0 amide bonds. The summed E-state index contributed by atoms with van der Waals surface area (Å²) in [6.07, 6.45) is 11.7. The van der Waals surface area contributed by atoms with E-state index in [9.17, 15) is 9.59 Å². The molecule has 0 unspecified atom stereocenters. The lowest BCUT2D eigenvalue weighted by atomic mass is 10.1. The highest BCUT2D eigenvalue weighted by Gasteiger charge is 2.04. The van der Waals surface area contributed by atoms with E-state index in [1.807, 2.05) is 18.2 Å². The van der Waals surface area contributed by atoms with Gasteiger partial charge in [-0.15, -0.1) is 0 Å².